The Bertz CT molecular complexity index is 800. The van der Waals surface area contributed by atoms with Crippen LogP contribution in [0.4, 0.5) is 27.5 Å². The number of rotatable bonds is 5. The molecule has 0 aliphatic heterocycles. The Kier molecular flexibility index (Phi) is 4.65. The van der Waals surface area contributed by atoms with Crippen molar-refractivity contribution in [1.29, 1.82) is 0 Å². The van der Waals surface area contributed by atoms with Crippen LogP contribution < -0.4 is 10.6 Å². The first-order valence-electron chi connectivity index (χ1n) is 7.69. The van der Waals surface area contributed by atoms with E-state index in [1.165, 1.54) is 17.7 Å². The van der Waals surface area contributed by atoms with Gasteiger partial charge < -0.3 is 10.6 Å². The molecule has 0 spiro atoms. The van der Waals surface area contributed by atoms with Crippen LogP contribution in [0.15, 0.2) is 54.7 Å². The van der Waals surface area contributed by atoms with Gasteiger partial charge >= 0.3 is 0 Å². The molecule has 3 rings (SSSR count). The van der Waals surface area contributed by atoms with Crippen molar-refractivity contribution >= 4 is 23.1 Å². The van der Waals surface area contributed by atoms with Crippen molar-refractivity contribution < 1.29 is 4.39 Å². The first-order valence-corrected chi connectivity index (χ1v) is 7.69. The van der Waals surface area contributed by atoms with Gasteiger partial charge in [0, 0.05) is 11.4 Å². The summed E-state index contributed by atoms with van der Waals surface area (Å²) in [5, 5.41) is 14.0. The van der Waals surface area contributed by atoms with Gasteiger partial charge in [-0.15, -0.1) is 5.10 Å². The van der Waals surface area contributed by atoms with Crippen LogP contribution in [-0.4, -0.2) is 15.2 Å². The fourth-order valence-electron chi connectivity index (χ4n) is 2.18. The van der Waals surface area contributed by atoms with Gasteiger partial charge in [-0.1, -0.05) is 26.0 Å². The average Bonchev–Trinajstić information content (AvgIpc) is 2.58. The van der Waals surface area contributed by atoms with Gasteiger partial charge in [-0.05, 0) is 47.9 Å². The lowest BCUT2D eigenvalue weighted by Crippen LogP contribution is -2.02. The molecule has 3 aromatic rings. The van der Waals surface area contributed by atoms with E-state index in [-0.39, 0.29) is 5.82 Å². The Hall–Kier alpha value is -3.02. The molecule has 0 fully saturated rings. The zero-order chi connectivity index (χ0) is 16.9. The smallest absolute Gasteiger partial charge is 0.249 e. The zero-order valence-corrected chi connectivity index (χ0v) is 13.5. The van der Waals surface area contributed by atoms with Gasteiger partial charge in [-0.25, -0.2) is 4.39 Å². The van der Waals surface area contributed by atoms with Crippen LogP contribution in [-0.2, 0) is 0 Å². The highest BCUT2D eigenvalue weighted by molar-refractivity contribution is 5.58. The number of halogens is 1. The molecular weight excluding hydrogens is 305 g/mol. The highest BCUT2D eigenvalue weighted by atomic mass is 19.1. The van der Waals surface area contributed by atoms with Gasteiger partial charge in [-0.3, -0.25) is 0 Å². The quantitative estimate of drug-likeness (QED) is 0.717. The first-order chi connectivity index (χ1) is 11.6. The zero-order valence-electron chi connectivity index (χ0n) is 13.5. The summed E-state index contributed by atoms with van der Waals surface area (Å²) in [6.07, 6.45) is 1.55. The standard InChI is InChI=1S/C18H18FN5/c1-12(2)13-3-7-15(8-4-13)21-17-11-20-24-18(23-17)22-16-9-5-14(19)6-10-16/h3-12H,1-2H3,(H2,21,22,23,24). The number of benzene rings is 2. The Morgan fingerprint density at radius 3 is 2.17 bits per heavy atom. The molecule has 5 nitrogen and oxygen atoms in total. The number of hydrogen-bond acceptors (Lipinski definition) is 5. The minimum Gasteiger partial charge on any atom is -0.339 e. The van der Waals surface area contributed by atoms with Crippen molar-refractivity contribution in [3.05, 3.63) is 66.1 Å². The van der Waals surface area contributed by atoms with Gasteiger partial charge in [0.05, 0.1) is 6.20 Å². The van der Waals surface area contributed by atoms with Crippen molar-refractivity contribution in [1.82, 2.24) is 15.2 Å². The Morgan fingerprint density at radius 1 is 0.875 bits per heavy atom. The molecule has 0 amide bonds. The van der Waals surface area contributed by atoms with E-state index < -0.39 is 0 Å². The summed E-state index contributed by atoms with van der Waals surface area (Å²) >= 11 is 0. The van der Waals surface area contributed by atoms with E-state index in [4.69, 9.17) is 0 Å². The van der Waals surface area contributed by atoms with Gasteiger partial charge in [0.2, 0.25) is 5.95 Å². The normalized spacial score (nSPS) is 10.7. The maximum Gasteiger partial charge on any atom is 0.249 e. The molecule has 0 bridgehead atoms. The van der Waals surface area contributed by atoms with E-state index in [0.29, 0.717) is 23.4 Å². The fourth-order valence-corrected chi connectivity index (χ4v) is 2.18. The van der Waals surface area contributed by atoms with Crippen LogP contribution >= 0.6 is 0 Å². The van der Waals surface area contributed by atoms with Crippen LogP contribution in [0.2, 0.25) is 0 Å². The Labute approximate surface area is 140 Å². The van der Waals surface area contributed by atoms with E-state index in [1.54, 1.807) is 18.3 Å². The summed E-state index contributed by atoms with van der Waals surface area (Å²) in [7, 11) is 0. The first kappa shape index (κ1) is 15.9. The van der Waals surface area contributed by atoms with Crippen molar-refractivity contribution in [2.75, 3.05) is 10.6 Å². The third-order valence-electron chi connectivity index (χ3n) is 3.51. The van der Waals surface area contributed by atoms with Gasteiger partial charge in [0.1, 0.15) is 5.82 Å². The Morgan fingerprint density at radius 2 is 1.50 bits per heavy atom. The molecule has 0 aliphatic rings. The maximum atomic E-state index is 12.9. The highest BCUT2D eigenvalue weighted by Crippen LogP contribution is 2.20. The molecule has 0 saturated heterocycles. The predicted molar refractivity (Wildman–Crippen MR) is 93.3 cm³/mol. The topological polar surface area (TPSA) is 62.7 Å². The summed E-state index contributed by atoms with van der Waals surface area (Å²) in [4.78, 5) is 4.35. The molecule has 0 radical (unpaired) electrons. The molecule has 0 saturated carbocycles. The summed E-state index contributed by atoms with van der Waals surface area (Å²) in [5.41, 5.74) is 2.89. The lowest BCUT2D eigenvalue weighted by molar-refractivity contribution is 0.628. The lowest BCUT2D eigenvalue weighted by Gasteiger charge is -2.09. The van der Waals surface area contributed by atoms with E-state index in [1.807, 2.05) is 12.1 Å². The molecule has 2 aromatic carbocycles. The molecular formula is C18H18FN5. The third-order valence-corrected chi connectivity index (χ3v) is 3.51. The fraction of sp³-hybridized carbons (Fsp3) is 0.167. The summed E-state index contributed by atoms with van der Waals surface area (Å²) < 4.78 is 12.9. The highest BCUT2D eigenvalue weighted by Gasteiger charge is 2.03. The second-order valence-corrected chi connectivity index (χ2v) is 5.70. The molecule has 1 heterocycles. The second kappa shape index (κ2) is 7.04. The summed E-state index contributed by atoms with van der Waals surface area (Å²) in [5.74, 6) is 1.11. The minimum absolute atomic E-state index is 0.292. The van der Waals surface area contributed by atoms with E-state index in [9.17, 15) is 4.39 Å². The number of nitrogens with zero attached hydrogens (tertiary/aromatic N) is 3. The largest absolute Gasteiger partial charge is 0.339 e. The maximum absolute atomic E-state index is 12.9. The molecule has 6 heteroatoms. The van der Waals surface area contributed by atoms with E-state index in [2.05, 4.69) is 51.8 Å². The number of hydrogen-bond donors (Lipinski definition) is 2. The summed E-state index contributed by atoms with van der Waals surface area (Å²) in [6.45, 7) is 4.31. The van der Waals surface area contributed by atoms with Crippen LogP contribution in [0.1, 0.15) is 25.3 Å². The number of aromatic nitrogens is 3. The van der Waals surface area contributed by atoms with E-state index >= 15 is 0 Å². The molecule has 1 aromatic heterocycles. The monoisotopic (exact) mass is 323 g/mol. The SMILES string of the molecule is CC(C)c1ccc(Nc2cnnc(Nc3ccc(F)cc3)n2)cc1. The molecule has 2 N–H and O–H groups in total. The lowest BCUT2D eigenvalue weighted by atomic mass is 10.0. The van der Waals surface area contributed by atoms with Crippen molar-refractivity contribution in [3.8, 4) is 0 Å². The molecule has 24 heavy (non-hydrogen) atoms. The van der Waals surface area contributed by atoms with Crippen LogP contribution in [0.3, 0.4) is 0 Å². The predicted octanol–water partition coefficient (Wildman–Crippen LogP) is 4.62. The summed E-state index contributed by atoms with van der Waals surface area (Å²) in [6, 6.07) is 14.1. The Balaban J connectivity index is 1.71. The average molecular weight is 323 g/mol. The third kappa shape index (κ3) is 4.04. The molecule has 0 aliphatic carbocycles. The van der Waals surface area contributed by atoms with Gasteiger partial charge in [0.15, 0.2) is 5.82 Å². The van der Waals surface area contributed by atoms with Crippen LogP contribution in [0.5, 0.6) is 0 Å². The molecule has 0 atom stereocenters. The van der Waals surface area contributed by atoms with Crippen molar-refractivity contribution in [3.63, 3.8) is 0 Å². The van der Waals surface area contributed by atoms with Crippen molar-refractivity contribution in [2.24, 2.45) is 0 Å². The molecule has 0 unspecified atom stereocenters. The molecule has 122 valence electrons. The van der Waals surface area contributed by atoms with Gasteiger partial charge in [-0.2, -0.15) is 10.1 Å². The van der Waals surface area contributed by atoms with Gasteiger partial charge in [0.25, 0.3) is 0 Å². The van der Waals surface area contributed by atoms with E-state index in [0.717, 1.165) is 5.69 Å². The van der Waals surface area contributed by atoms with Crippen LogP contribution in [0.25, 0.3) is 0 Å². The van der Waals surface area contributed by atoms with Crippen LogP contribution in [0, 0.1) is 5.82 Å². The number of nitrogens with one attached hydrogen (secondary N) is 2. The minimum atomic E-state index is -0.292. The number of anilines is 4. The second-order valence-electron chi connectivity index (χ2n) is 5.70. The van der Waals surface area contributed by atoms with Crippen molar-refractivity contribution in [2.45, 2.75) is 19.8 Å².